The fourth-order valence-electron chi connectivity index (χ4n) is 3.47. The van der Waals surface area contributed by atoms with Crippen LogP contribution in [0, 0.1) is 12.3 Å². The molecule has 0 spiro atoms. The van der Waals surface area contributed by atoms with Gasteiger partial charge in [0.15, 0.2) is 11.5 Å². The lowest BCUT2D eigenvalue weighted by molar-refractivity contribution is -0.147. The Morgan fingerprint density at radius 1 is 1.00 bits per heavy atom. The number of nitrogens with one attached hydrogen (secondary N) is 1. The van der Waals surface area contributed by atoms with Crippen LogP contribution in [0.25, 0.3) is 0 Å². The van der Waals surface area contributed by atoms with Crippen molar-refractivity contribution in [2.75, 3.05) is 26.1 Å². The van der Waals surface area contributed by atoms with Crippen molar-refractivity contribution in [3.8, 4) is 11.5 Å². The number of nitrogens with zero attached hydrogens (tertiary/aromatic N) is 1. The number of amides is 2. The summed E-state index contributed by atoms with van der Waals surface area (Å²) in [6.07, 6.45) is 0.705. The standard InChI is InChI=1S/C23H28N2O4/c1-15-6-8-18(9-7-15)24-21(26)23(2,3)22(27)25-11-10-16-12-19(28-4)20(29-5)13-17(16)14-25/h6-9,12-13H,10-11,14H2,1-5H3,(H,24,26). The molecule has 0 atom stereocenters. The fraction of sp³-hybridized carbons (Fsp3) is 0.391. The van der Waals surface area contributed by atoms with Gasteiger partial charge in [0.2, 0.25) is 11.8 Å². The number of carbonyl (C=O) groups is 2. The fourth-order valence-corrected chi connectivity index (χ4v) is 3.47. The first-order valence-corrected chi connectivity index (χ1v) is 9.67. The van der Waals surface area contributed by atoms with Crippen molar-refractivity contribution in [3.63, 3.8) is 0 Å². The summed E-state index contributed by atoms with van der Waals surface area (Å²) in [4.78, 5) is 27.8. The number of aryl methyl sites for hydroxylation is 1. The minimum Gasteiger partial charge on any atom is -0.493 e. The maximum absolute atomic E-state index is 13.2. The minimum atomic E-state index is -1.18. The number of carbonyl (C=O) groups excluding carboxylic acids is 2. The van der Waals surface area contributed by atoms with Gasteiger partial charge in [-0.2, -0.15) is 0 Å². The first-order chi connectivity index (χ1) is 13.8. The molecule has 0 saturated carbocycles. The summed E-state index contributed by atoms with van der Waals surface area (Å²) in [6.45, 7) is 6.32. The number of rotatable bonds is 5. The average molecular weight is 396 g/mol. The third kappa shape index (κ3) is 4.21. The van der Waals surface area contributed by atoms with E-state index in [2.05, 4.69) is 5.32 Å². The van der Waals surface area contributed by atoms with Crippen molar-refractivity contribution in [2.45, 2.75) is 33.7 Å². The number of methoxy groups -OCH3 is 2. The molecule has 1 N–H and O–H groups in total. The second kappa shape index (κ2) is 8.15. The van der Waals surface area contributed by atoms with Crippen LogP contribution in [0.4, 0.5) is 5.69 Å². The molecule has 6 heteroatoms. The van der Waals surface area contributed by atoms with Crippen LogP contribution in [0.3, 0.4) is 0 Å². The van der Waals surface area contributed by atoms with E-state index in [9.17, 15) is 9.59 Å². The van der Waals surface area contributed by atoms with Gasteiger partial charge in [0, 0.05) is 18.8 Å². The third-order valence-electron chi connectivity index (χ3n) is 5.42. The van der Waals surface area contributed by atoms with Crippen molar-refractivity contribution in [3.05, 3.63) is 53.1 Å². The van der Waals surface area contributed by atoms with E-state index >= 15 is 0 Å². The first kappa shape index (κ1) is 20.7. The molecule has 1 aliphatic rings. The molecular weight excluding hydrogens is 368 g/mol. The molecule has 1 heterocycles. The van der Waals surface area contributed by atoms with Gasteiger partial charge in [-0.15, -0.1) is 0 Å². The molecule has 29 heavy (non-hydrogen) atoms. The molecule has 0 fully saturated rings. The van der Waals surface area contributed by atoms with Crippen molar-refractivity contribution < 1.29 is 19.1 Å². The van der Waals surface area contributed by atoms with Gasteiger partial charge in [0.05, 0.1) is 14.2 Å². The van der Waals surface area contributed by atoms with Gasteiger partial charge in [0.1, 0.15) is 5.41 Å². The van der Waals surface area contributed by atoms with Crippen LogP contribution < -0.4 is 14.8 Å². The minimum absolute atomic E-state index is 0.192. The lowest BCUT2D eigenvalue weighted by Gasteiger charge is -2.34. The van der Waals surface area contributed by atoms with E-state index in [0.29, 0.717) is 36.7 Å². The maximum Gasteiger partial charge on any atom is 0.239 e. The van der Waals surface area contributed by atoms with E-state index in [1.807, 2.05) is 43.3 Å². The summed E-state index contributed by atoms with van der Waals surface area (Å²) in [5.74, 6) is 0.813. The van der Waals surface area contributed by atoms with Gasteiger partial charge >= 0.3 is 0 Å². The second-order valence-electron chi connectivity index (χ2n) is 7.90. The highest BCUT2D eigenvalue weighted by atomic mass is 16.5. The third-order valence-corrected chi connectivity index (χ3v) is 5.42. The van der Waals surface area contributed by atoms with Crippen LogP contribution in [0.1, 0.15) is 30.5 Å². The van der Waals surface area contributed by atoms with Gasteiger partial charge < -0.3 is 19.7 Å². The predicted molar refractivity (Wildman–Crippen MR) is 112 cm³/mol. The molecule has 0 radical (unpaired) electrons. The second-order valence-corrected chi connectivity index (χ2v) is 7.90. The van der Waals surface area contributed by atoms with Crippen LogP contribution in [0.15, 0.2) is 36.4 Å². The Morgan fingerprint density at radius 3 is 2.17 bits per heavy atom. The van der Waals surface area contributed by atoms with Gasteiger partial charge in [0.25, 0.3) is 0 Å². The van der Waals surface area contributed by atoms with E-state index in [0.717, 1.165) is 16.7 Å². The Hall–Kier alpha value is -3.02. The van der Waals surface area contributed by atoms with Gasteiger partial charge in [-0.25, -0.2) is 0 Å². The Bertz CT molecular complexity index is 919. The zero-order chi connectivity index (χ0) is 21.2. The van der Waals surface area contributed by atoms with Gasteiger partial charge in [-0.05, 0) is 62.6 Å². The molecule has 0 aromatic heterocycles. The number of hydrogen-bond acceptors (Lipinski definition) is 4. The van der Waals surface area contributed by atoms with E-state index < -0.39 is 5.41 Å². The van der Waals surface area contributed by atoms with E-state index in [4.69, 9.17) is 9.47 Å². The van der Waals surface area contributed by atoms with Crippen LogP contribution in [0.2, 0.25) is 0 Å². The van der Waals surface area contributed by atoms with Crippen molar-refractivity contribution in [1.82, 2.24) is 4.90 Å². The molecule has 0 aliphatic carbocycles. The van der Waals surface area contributed by atoms with Crippen molar-refractivity contribution in [2.24, 2.45) is 5.41 Å². The molecule has 2 aromatic rings. The van der Waals surface area contributed by atoms with Crippen LogP contribution in [0.5, 0.6) is 11.5 Å². The number of benzene rings is 2. The Labute approximate surface area is 171 Å². The van der Waals surface area contributed by atoms with Crippen LogP contribution in [-0.2, 0) is 22.6 Å². The number of hydrogen-bond donors (Lipinski definition) is 1. The molecule has 0 bridgehead atoms. The highest BCUT2D eigenvalue weighted by Crippen LogP contribution is 2.34. The first-order valence-electron chi connectivity index (χ1n) is 9.67. The maximum atomic E-state index is 13.2. The number of anilines is 1. The van der Waals surface area contributed by atoms with Crippen molar-refractivity contribution >= 4 is 17.5 Å². The lowest BCUT2D eigenvalue weighted by Crippen LogP contribution is -2.48. The highest BCUT2D eigenvalue weighted by Gasteiger charge is 2.40. The predicted octanol–water partition coefficient (Wildman–Crippen LogP) is 3.56. The lowest BCUT2D eigenvalue weighted by atomic mass is 9.88. The molecule has 1 aliphatic heterocycles. The Morgan fingerprint density at radius 2 is 1.59 bits per heavy atom. The molecule has 6 nitrogen and oxygen atoms in total. The normalized spacial score (nSPS) is 13.5. The molecule has 2 aromatic carbocycles. The number of ether oxygens (including phenoxy) is 2. The molecule has 0 unspecified atom stereocenters. The summed E-state index contributed by atoms with van der Waals surface area (Å²) < 4.78 is 10.8. The Kier molecular flexibility index (Phi) is 5.82. The van der Waals surface area contributed by atoms with E-state index in [1.54, 1.807) is 33.0 Å². The largest absolute Gasteiger partial charge is 0.493 e. The zero-order valence-corrected chi connectivity index (χ0v) is 17.7. The molecule has 0 saturated heterocycles. The Balaban J connectivity index is 1.75. The summed E-state index contributed by atoms with van der Waals surface area (Å²) in [5, 5.41) is 2.86. The van der Waals surface area contributed by atoms with Crippen LogP contribution >= 0.6 is 0 Å². The summed E-state index contributed by atoms with van der Waals surface area (Å²) in [6, 6.07) is 11.4. The highest BCUT2D eigenvalue weighted by molar-refractivity contribution is 6.09. The summed E-state index contributed by atoms with van der Waals surface area (Å²) in [7, 11) is 3.20. The van der Waals surface area contributed by atoms with Gasteiger partial charge in [-0.3, -0.25) is 9.59 Å². The van der Waals surface area contributed by atoms with E-state index in [-0.39, 0.29) is 11.8 Å². The average Bonchev–Trinajstić information content (AvgIpc) is 2.73. The monoisotopic (exact) mass is 396 g/mol. The van der Waals surface area contributed by atoms with Crippen molar-refractivity contribution in [1.29, 1.82) is 0 Å². The molecule has 2 amide bonds. The topological polar surface area (TPSA) is 67.9 Å². The van der Waals surface area contributed by atoms with Crippen LogP contribution in [-0.4, -0.2) is 37.5 Å². The molecule has 154 valence electrons. The number of fused-ring (bicyclic) bond motifs is 1. The molecular formula is C23H28N2O4. The summed E-state index contributed by atoms with van der Waals surface area (Å²) >= 11 is 0. The summed E-state index contributed by atoms with van der Waals surface area (Å²) in [5.41, 5.74) is 2.75. The quantitative estimate of drug-likeness (QED) is 0.785. The zero-order valence-electron chi connectivity index (χ0n) is 17.7. The SMILES string of the molecule is COc1cc2c(cc1OC)CN(C(=O)C(C)(C)C(=O)Nc1ccc(C)cc1)CC2. The molecule has 3 rings (SSSR count). The van der Waals surface area contributed by atoms with Gasteiger partial charge in [-0.1, -0.05) is 17.7 Å². The smallest absolute Gasteiger partial charge is 0.239 e. The van der Waals surface area contributed by atoms with E-state index in [1.165, 1.54) is 0 Å².